The summed E-state index contributed by atoms with van der Waals surface area (Å²) >= 11 is 0. The maximum absolute atomic E-state index is 13.7. The molecule has 2 aliphatic heterocycles. The Morgan fingerprint density at radius 3 is 2.38 bits per heavy atom. The van der Waals surface area contributed by atoms with Crippen LogP contribution in [-0.2, 0) is 17.1 Å². The Bertz CT molecular complexity index is 1410. The van der Waals surface area contributed by atoms with Crippen molar-refractivity contribution in [3.05, 3.63) is 69.9 Å². The van der Waals surface area contributed by atoms with E-state index in [9.17, 15) is 13.2 Å². The predicted octanol–water partition coefficient (Wildman–Crippen LogP) is 3.38. The highest BCUT2D eigenvalue weighted by molar-refractivity contribution is 7.89. The van der Waals surface area contributed by atoms with Crippen LogP contribution in [0.2, 0.25) is 0 Å². The maximum atomic E-state index is 13.7. The van der Waals surface area contributed by atoms with Crippen molar-refractivity contribution >= 4 is 20.9 Å². The summed E-state index contributed by atoms with van der Waals surface area (Å²) < 4.78 is 37.5. The zero-order chi connectivity index (χ0) is 23.7. The van der Waals surface area contributed by atoms with Crippen molar-refractivity contribution < 1.29 is 18.6 Å². The average molecular weight is 485 g/mol. The number of pyridine rings is 1. The van der Waals surface area contributed by atoms with Gasteiger partial charge in [0.2, 0.25) is 15.9 Å². The fourth-order valence-electron chi connectivity index (χ4n) is 5.75. The summed E-state index contributed by atoms with van der Waals surface area (Å²) in [6.45, 7) is 8.26. The van der Waals surface area contributed by atoms with Crippen LogP contribution >= 0.6 is 0 Å². The second-order valence-electron chi connectivity index (χ2n) is 9.83. The van der Waals surface area contributed by atoms with Crippen molar-refractivity contribution in [3.63, 3.8) is 0 Å². The lowest BCUT2D eigenvalue weighted by atomic mass is 9.73. The molecule has 1 saturated heterocycles. The SMILES string of the molecule is CC[C@H]1[C@@H]2c3c(n(C)c4ccccc4c3=O)OC(C)(C)[C@H]2CN1S(=O)(=O)c1ccc(C)cc1.O. The third kappa shape index (κ3) is 3.39. The van der Waals surface area contributed by atoms with Crippen molar-refractivity contribution in [3.8, 4) is 5.88 Å². The summed E-state index contributed by atoms with van der Waals surface area (Å²) in [6, 6.07) is 14.2. The monoisotopic (exact) mass is 484 g/mol. The predicted molar refractivity (Wildman–Crippen MR) is 133 cm³/mol. The second-order valence-corrected chi connectivity index (χ2v) is 11.7. The van der Waals surface area contributed by atoms with Crippen LogP contribution in [0.5, 0.6) is 5.88 Å². The van der Waals surface area contributed by atoms with Gasteiger partial charge in [-0.25, -0.2) is 8.42 Å². The molecule has 5 rings (SSSR count). The molecular formula is C26H32N2O5S. The number of nitrogens with zero attached hydrogens (tertiary/aromatic N) is 2. The number of benzene rings is 2. The van der Waals surface area contributed by atoms with Crippen LogP contribution in [0.25, 0.3) is 10.9 Å². The first kappa shape index (κ1) is 24.4. The standard InChI is InChI=1S/C26H30N2O4S.H2O/c1-6-20-22-19(15-28(20)33(30,31)17-13-11-16(2)12-14-17)26(3,4)32-25-23(22)24(29)18-9-7-8-10-21(18)27(25)5;/h7-14,19-20,22H,6,15H2,1-5H3;1H2/t19-,20-,22+;/m0./s1. The molecule has 7 nitrogen and oxygen atoms in total. The van der Waals surface area contributed by atoms with Crippen LogP contribution in [0.3, 0.4) is 0 Å². The summed E-state index contributed by atoms with van der Waals surface area (Å²) in [5, 5.41) is 0.635. The van der Waals surface area contributed by atoms with E-state index in [-0.39, 0.29) is 33.7 Å². The maximum Gasteiger partial charge on any atom is 0.243 e. The number of hydrogen-bond donors (Lipinski definition) is 0. The van der Waals surface area contributed by atoms with Gasteiger partial charge in [0.1, 0.15) is 5.60 Å². The highest BCUT2D eigenvalue weighted by Crippen LogP contribution is 2.52. The highest BCUT2D eigenvalue weighted by atomic mass is 32.2. The van der Waals surface area contributed by atoms with E-state index < -0.39 is 15.6 Å². The molecule has 0 bridgehead atoms. The number of fused-ring (bicyclic) bond motifs is 4. The molecule has 0 spiro atoms. The lowest BCUT2D eigenvalue weighted by molar-refractivity contribution is 0.0148. The molecule has 0 radical (unpaired) electrons. The lowest BCUT2D eigenvalue weighted by Gasteiger charge is -2.42. The molecule has 3 atom stereocenters. The molecule has 8 heteroatoms. The molecule has 3 heterocycles. The van der Waals surface area contributed by atoms with Gasteiger partial charge in [-0.3, -0.25) is 4.79 Å². The molecular weight excluding hydrogens is 452 g/mol. The number of aromatic nitrogens is 1. The van der Waals surface area contributed by atoms with Crippen molar-refractivity contribution in [1.82, 2.24) is 8.87 Å². The van der Waals surface area contributed by atoms with E-state index in [0.717, 1.165) is 11.1 Å². The third-order valence-electron chi connectivity index (χ3n) is 7.52. The Labute approximate surface area is 200 Å². The van der Waals surface area contributed by atoms with Crippen LogP contribution in [-0.4, -0.2) is 41.0 Å². The number of rotatable bonds is 3. The molecule has 0 amide bonds. The van der Waals surface area contributed by atoms with Gasteiger partial charge in [0.15, 0.2) is 5.43 Å². The molecule has 0 saturated carbocycles. The van der Waals surface area contributed by atoms with Crippen molar-refractivity contribution in [2.75, 3.05) is 6.54 Å². The van der Waals surface area contributed by atoms with Gasteiger partial charge in [-0.15, -0.1) is 0 Å². The molecule has 2 aromatic carbocycles. The number of ether oxygens (including phenoxy) is 1. The third-order valence-corrected chi connectivity index (χ3v) is 9.42. The van der Waals surface area contributed by atoms with Crippen LogP contribution < -0.4 is 10.2 Å². The van der Waals surface area contributed by atoms with Crippen LogP contribution in [0.1, 0.15) is 44.2 Å². The smallest absolute Gasteiger partial charge is 0.243 e. The molecule has 34 heavy (non-hydrogen) atoms. The Morgan fingerprint density at radius 2 is 1.74 bits per heavy atom. The highest BCUT2D eigenvalue weighted by Gasteiger charge is 2.57. The first-order valence-corrected chi connectivity index (χ1v) is 12.9. The molecule has 1 fully saturated rings. The quantitative estimate of drug-likeness (QED) is 0.569. The zero-order valence-corrected chi connectivity index (χ0v) is 21.0. The van der Waals surface area contributed by atoms with Gasteiger partial charge in [-0.2, -0.15) is 4.31 Å². The molecule has 3 aromatic rings. The number of para-hydroxylation sites is 1. The summed E-state index contributed by atoms with van der Waals surface area (Å²) in [5.74, 6) is 0.180. The molecule has 2 aliphatic rings. The number of hydrogen-bond acceptors (Lipinski definition) is 4. The number of sulfonamides is 1. The largest absolute Gasteiger partial charge is 0.472 e. The van der Waals surface area contributed by atoms with Gasteiger partial charge >= 0.3 is 0 Å². The Balaban J connectivity index is 0.00000274. The van der Waals surface area contributed by atoms with E-state index in [4.69, 9.17) is 4.74 Å². The summed E-state index contributed by atoms with van der Waals surface area (Å²) in [4.78, 5) is 14.0. The first-order chi connectivity index (χ1) is 15.6. The van der Waals surface area contributed by atoms with E-state index in [1.807, 2.05) is 75.7 Å². The van der Waals surface area contributed by atoms with Crippen molar-refractivity contribution in [2.24, 2.45) is 13.0 Å². The van der Waals surface area contributed by atoms with Gasteiger partial charge in [-0.05, 0) is 51.5 Å². The van der Waals surface area contributed by atoms with E-state index in [0.29, 0.717) is 29.8 Å². The summed E-state index contributed by atoms with van der Waals surface area (Å²) in [7, 11) is -1.81. The van der Waals surface area contributed by atoms with Gasteiger partial charge < -0.3 is 14.8 Å². The minimum Gasteiger partial charge on any atom is -0.472 e. The molecule has 0 aliphatic carbocycles. The van der Waals surface area contributed by atoms with E-state index in [2.05, 4.69) is 0 Å². The molecule has 182 valence electrons. The van der Waals surface area contributed by atoms with E-state index >= 15 is 0 Å². The fraction of sp³-hybridized carbons (Fsp3) is 0.423. The zero-order valence-electron chi connectivity index (χ0n) is 20.2. The van der Waals surface area contributed by atoms with Gasteiger partial charge in [0.25, 0.3) is 0 Å². The van der Waals surface area contributed by atoms with Crippen molar-refractivity contribution in [2.45, 2.75) is 56.6 Å². The minimum absolute atomic E-state index is 0. The Hall–Kier alpha value is -2.68. The van der Waals surface area contributed by atoms with Crippen LogP contribution in [0.4, 0.5) is 0 Å². The van der Waals surface area contributed by atoms with Gasteiger partial charge in [0.05, 0.1) is 16.0 Å². The van der Waals surface area contributed by atoms with E-state index in [1.165, 1.54) is 0 Å². The van der Waals surface area contributed by atoms with Gasteiger partial charge in [-0.1, -0.05) is 36.8 Å². The fourth-order valence-corrected chi connectivity index (χ4v) is 7.49. The average Bonchev–Trinajstić information content (AvgIpc) is 3.19. The van der Waals surface area contributed by atoms with Crippen molar-refractivity contribution in [1.29, 1.82) is 0 Å². The summed E-state index contributed by atoms with van der Waals surface area (Å²) in [5.41, 5.74) is 1.74. The molecule has 2 N–H and O–H groups in total. The summed E-state index contributed by atoms with van der Waals surface area (Å²) in [6.07, 6.45) is 0.609. The van der Waals surface area contributed by atoms with Crippen LogP contribution in [0, 0.1) is 12.8 Å². The Kier molecular flexibility index (Phi) is 5.91. The first-order valence-electron chi connectivity index (χ1n) is 11.5. The lowest BCUT2D eigenvalue weighted by Crippen LogP contribution is -2.47. The van der Waals surface area contributed by atoms with Crippen LogP contribution in [0.15, 0.2) is 58.2 Å². The normalized spacial score (nSPS) is 23.6. The van der Waals surface area contributed by atoms with E-state index in [1.54, 1.807) is 16.4 Å². The van der Waals surface area contributed by atoms with Gasteiger partial charge in [0, 0.05) is 36.9 Å². The number of aryl methyl sites for hydroxylation is 2. The Morgan fingerprint density at radius 1 is 1.09 bits per heavy atom. The topological polar surface area (TPSA) is 100 Å². The molecule has 1 aromatic heterocycles. The second kappa shape index (κ2) is 8.22. The minimum atomic E-state index is -3.72. The molecule has 0 unspecified atom stereocenters.